The molecule has 0 fully saturated rings. The molecule has 0 atom stereocenters. The van der Waals surface area contributed by atoms with E-state index in [1.54, 1.807) is 0 Å². The van der Waals surface area contributed by atoms with Crippen molar-refractivity contribution in [2.24, 2.45) is 0 Å². The molecule has 0 saturated carbocycles. The lowest BCUT2D eigenvalue weighted by Crippen LogP contribution is -2.26. The Morgan fingerprint density at radius 1 is 0.806 bits per heavy atom. The molecule has 1 aliphatic carbocycles. The number of aromatic amines is 1. The van der Waals surface area contributed by atoms with Gasteiger partial charge < -0.3 is 15.0 Å². The topological polar surface area (TPSA) is 54.1 Å². The van der Waals surface area contributed by atoms with Crippen LogP contribution < -0.4 is 5.32 Å². The monoisotopic (exact) mass is 470 g/mol. The van der Waals surface area contributed by atoms with Crippen molar-refractivity contribution in [2.75, 3.05) is 13.2 Å². The lowest BCUT2D eigenvalue weighted by atomic mass is 9.98. The fraction of sp³-hybridized carbons (Fsp3) is 0.0938. The van der Waals surface area contributed by atoms with Crippen LogP contribution in [0.3, 0.4) is 0 Å². The molecule has 4 nitrogen and oxygen atoms in total. The van der Waals surface area contributed by atoms with E-state index in [4.69, 9.17) is 4.74 Å². The van der Waals surface area contributed by atoms with E-state index in [1.165, 1.54) is 22.3 Å². The van der Waals surface area contributed by atoms with Gasteiger partial charge in [0.2, 0.25) is 0 Å². The van der Waals surface area contributed by atoms with Gasteiger partial charge in [0, 0.05) is 28.9 Å². The van der Waals surface area contributed by atoms with Crippen LogP contribution in [-0.4, -0.2) is 24.2 Å². The predicted octanol–water partition coefficient (Wildman–Crippen LogP) is 7.39. The first-order chi connectivity index (χ1) is 17.8. The third-order valence-corrected chi connectivity index (χ3v) is 6.80. The molecule has 1 heterocycles. The van der Waals surface area contributed by atoms with Crippen LogP contribution in [-0.2, 0) is 4.74 Å². The van der Waals surface area contributed by atoms with Crippen molar-refractivity contribution in [1.29, 1.82) is 0 Å². The molecule has 6 rings (SSSR count). The first kappa shape index (κ1) is 21.9. The summed E-state index contributed by atoms with van der Waals surface area (Å²) in [5.74, 6) is 0.0540. The minimum atomic E-state index is -0.413. The highest BCUT2D eigenvalue weighted by Gasteiger charge is 2.28. The van der Waals surface area contributed by atoms with E-state index >= 15 is 0 Å². The lowest BCUT2D eigenvalue weighted by Gasteiger charge is -2.14. The quantitative estimate of drug-likeness (QED) is 0.272. The lowest BCUT2D eigenvalue weighted by molar-refractivity contribution is 0.144. The number of rotatable bonds is 6. The number of aromatic nitrogens is 1. The summed E-state index contributed by atoms with van der Waals surface area (Å²) in [5.41, 5.74) is 9.23. The Kier molecular flexibility index (Phi) is 5.84. The van der Waals surface area contributed by atoms with E-state index in [2.05, 4.69) is 77.0 Å². The Bertz CT molecular complexity index is 1520. The molecule has 1 amide bonds. The van der Waals surface area contributed by atoms with Gasteiger partial charge in [0.05, 0.1) is 5.69 Å². The van der Waals surface area contributed by atoms with Crippen LogP contribution in [0.5, 0.6) is 0 Å². The predicted molar refractivity (Wildman–Crippen MR) is 146 cm³/mol. The van der Waals surface area contributed by atoms with Crippen molar-refractivity contribution in [1.82, 2.24) is 10.3 Å². The van der Waals surface area contributed by atoms with Crippen LogP contribution in [0.4, 0.5) is 4.79 Å². The van der Waals surface area contributed by atoms with Crippen molar-refractivity contribution < 1.29 is 9.53 Å². The maximum atomic E-state index is 12.5. The number of hydrogen-bond donors (Lipinski definition) is 2. The maximum Gasteiger partial charge on any atom is 0.407 e. The van der Waals surface area contributed by atoms with Crippen molar-refractivity contribution in [3.05, 3.63) is 126 Å². The zero-order valence-corrected chi connectivity index (χ0v) is 19.8. The molecule has 0 aliphatic heterocycles. The summed E-state index contributed by atoms with van der Waals surface area (Å²) in [6.45, 7) is 0.689. The van der Waals surface area contributed by atoms with Crippen LogP contribution >= 0.6 is 0 Å². The van der Waals surface area contributed by atoms with Gasteiger partial charge in [-0.3, -0.25) is 0 Å². The second-order valence-electron chi connectivity index (χ2n) is 8.93. The van der Waals surface area contributed by atoms with E-state index < -0.39 is 6.09 Å². The molecular weight excluding hydrogens is 444 g/mol. The van der Waals surface area contributed by atoms with Gasteiger partial charge in [-0.25, -0.2) is 4.79 Å². The van der Waals surface area contributed by atoms with Crippen LogP contribution in [0.2, 0.25) is 0 Å². The fourth-order valence-corrected chi connectivity index (χ4v) is 5.14. The average Bonchev–Trinajstić information content (AvgIpc) is 3.46. The van der Waals surface area contributed by atoms with E-state index in [-0.39, 0.29) is 5.92 Å². The maximum absolute atomic E-state index is 12.5. The first-order valence-electron chi connectivity index (χ1n) is 12.2. The molecule has 36 heavy (non-hydrogen) atoms. The molecule has 176 valence electrons. The number of carbonyl (C=O) groups is 1. The highest BCUT2D eigenvalue weighted by Crippen LogP contribution is 2.44. The SMILES string of the molecule is O=C(NCC=Cc1c(-c2ccccc2)[nH]c2ccccc12)OCC1c2ccccc2-c2ccccc21. The number of carbonyl (C=O) groups excluding carboxylic acids is 1. The first-order valence-corrected chi connectivity index (χ1v) is 12.2. The molecule has 5 aromatic rings. The number of ether oxygens (including phenoxy) is 1. The van der Waals surface area contributed by atoms with Crippen molar-refractivity contribution in [2.45, 2.75) is 5.92 Å². The fourth-order valence-electron chi connectivity index (χ4n) is 5.14. The van der Waals surface area contributed by atoms with Gasteiger partial charge in [-0.05, 0) is 33.9 Å². The van der Waals surface area contributed by atoms with E-state index in [0.717, 1.165) is 27.7 Å². The zero-order chi connectivity index (χ0) is 24.3. The van der Waals surface area contributed by atoms with Gasteiger partial charge in [0.1, 0.15) is 6.61 Å². The Morgan fingerprint density at radius 2 is 1.44 bits per heavy atom. The number of amides is 1. The summed E-state index contributed by atoms with van der Waals surface area (Å²) in [7, 11) is 0. The third-order valence-electron chi connectivity index (χ3n) is 6.80. The van der Waals surface area contributed by atoms with Gasteiger partial charge in [0.15, 0.2) is 0 Å². The van der Waals surface area contributed by atoms with Crippen molar-refractivity contribution in [3.63, 3.8) is 0 Å². The van der Waals surface area contributed by atoms with Crippen LogP contribution in [0.15, 0.2) is 109 Å². The van der Waals surface area contributed by atoms with E-state index in [0.29, 0.717) is 13.2 Å². The van der Waals surface area contributed by atoms with Gasteiger partial charge in [-0.1, -0.05) is 109 Å². The number of benzene rings is 4. The molecule has 4 aromatic carbocycles. The standard InChI is InChI=1S/C32H26N2O2/c35-32(36-21-29-25-15-6-4-13-23(25)24-14-5-7-16-26(24)29)33-20-10-18-28-27-17-8-9-19-30(27)34-31(28)22-11-2-1-3-12-22/h1-19,29,34H,20-21H2,(H,33,35). The molecule has 0 radical (unpaired) electrons. The molecule has 4 heteroatoms. The van der Waals surface area contributed by atoms with Crippen LogP contribution in [0.1, 0.15) is 22.6 Å². The van der Waals surface area contributed by atoms with Gasteiger partial charge >= 0.3 is 6.09 Å². The molecule has 2 N–H and O–H groups in total. The van der Waals surface area contributed by atoms with Gasteiger partial charge in [-0.15, -0.1) is 0 Å². The third kappa shape index (κ3) is 4.07. The van der Waals surface area contributed by atoms with Gasteiger partial charge in [0.25, 0.3) is 0 Å². The molecule has 0 bridgehead atoms. The number of nitrogens with one attached hydrogen (secondary N) is 2. The molecule has 0 spiro atoms. The van der Waals surface area contributed by atoms with Crippen molar-refractivity contribution in [3.8, 4) is 22.4 Å². The number of para-hydroxylation sites is 1. The second-order valence-corrected chi connectivity index (χ2v) is 8.93. The number of alkyl carbamates (subject to hydrolysis) is 1. The number of hydrogen-bond acceptors (Lipinski definition) is 2. The largest absolute Gasteiger partial charge is 0.449 e. The normalized spacial score (nSPS) is 12.6. The second kappa shape index (κ2) is 9.59. The summed E-state index contributed by atoms with van der Waals surface area (Å²) in [6, 6.07) is 35.2. The average molecular weight is 471 g/mol. The summed E-state index contributed by atoms with van der Waals surface area (Å²) in [6.07, 6.45) is 3.61. The number of H-pyrrole nitrogens is 1. The van der Waals surface area contributed by atoms with E-state index in [1.807, 2.05) is 48.5 Å². The molecule has 0 unspecified atom stereocenters. The summed E-state index contributed by atoms with van der Waals surface area (Å²) >= 11 is 0. The Morgan fingerprint density at radius 3 is 2.19 bits per heavy atom. The van der Waals surface area contributed by atoms with Crippen LogP contribution in [0, 0.1) is 0 Å². The summed E-state index contributed by atoms with van der Waals surface area (Å²) in [5, 5.41) is 4.01. The Balaban J connectivity index is 1.13. The Labute approximate surface area is 210 Å². The highest BCUT2D eigenvalue weighted by molar-refractivity contribution is 5.96. The highest BCUT2D eigenvalue weighted by atomic mass is 16.5. The summed E-state index contributed by atoms with van der Waals surface area (Å²) < 4.78 is 5.65. The molecular formula is C32H26N2O2. The van der Waals surface area contributed by atoms with E-state index in [9.17, 15) is 4.79 Å². The zero-order valence-electron chi connectivity index (χ0n) is 19.8. The minimum Gasteiger partial charge on any atom is -0.449 e. The van der Waals surface area contributed by atoms with Crippen LogP contribution in [0.25, 0.3) is 39.4 Å². The van der Waals surface area contributed by atoms with Crippen molar-refractivity contribution >= 4 is 23.1 Å². The molecule has 1 aromatic heterocycles. The number of fused-ring (bicyclic) bond motifs is 4. The molecule has 0 saturated heterocycles. The van der Waals surface area contributed by atoms with Gasteiger partial charge in [-0.2, -0.15) is 0 Å². The summed E-state index contributed by atoms with van der Waals surface area (Å²) in [4.78, 5) is 16.0. The Hall–Kier alpha value is -4.57. The smallest absolute Gasteiger partial charge is 0.407 e. The molecule has 1 aliphatic rings. The minimum absolute atomic E-state index is 0.0540.